The third kappa shape index (κ3) is 3.08. The second-order valence-corrected chi connectivity index (χ2v) is 4.46. The summed E-state index contributed by atoms with van der Waals surface area (Å²) in [6, 6.07) is -0.204. The van der Waals surface area contributed by atoms with Gasteiger partial charge in [0.05, 0.1) is 24.4 Å². The molecule has 0 radical (unpaired) electrons. The van der Waals surface area contributed by atoms with Crippen LogP contribution in [-0.4, -0.2) is 51.9 Å². The predicted molar refractivity (Wildman–Crippen MR) is 69.3 cm³/mol. The minimum absolute atomic E-state index is 0.0530. The third-order valence-corrected chi connectivity index (χ3v) is 3.15. The molecular weight excluding hydrogens is 232 g/mol. The highest BCUT2D eigenvalue weighted by molar-refractivity contribution is 5.95. The molecule has 0 bridgehead atoms. The van der Waals surface area contributed by atoms with Crippen LogP contribution < -0.4 is 5.73 Å². The molecule has 0 spiro atoms. The smallest absolute Gasteiger partial charge is 0.257 e. The summed E-state index contributed by atoms with van der Waals surface area (Å²) >= 11 is 0. The zero-order chi connectivity index (χ0) is 13.7. The molecule has 0 saturated carbocycles. The first kappa shape index (κ1) is 14.7. The van der Waals surface area contributed by atoms with Crippen LogP contribution in [-0.2, 0) is 6.54 Å². The van der Waals surface area contributed by atoms with Gasteiger partial charge in [-0.05, 0) is 26.8 Å². The monoisotopic (exact) mass is 254 g/mol. The largest absolute Gasteiger partial charge is 0.394 e. The van der Waals surface area contributed by atoms with E-state index in [4.69, 9.17) is 10.8 Å². The summed E-state index contributed by atoms with van der Waals surface area (Å²) in [7, 11) is 1.68. The van der Waals surface area contributed by atoms with Gasteiger partial charge in [0.15, 0.2) is 0 Å². The maximum Gasteiger partial charge on any atom is 0.257 e. The number of carbonyl (C=O) groups is 1. The lowest BCUT2D eigenvalue weighted by atomic mass is 10.2. The summed E-state index contributed by atoms with van der Waals surface area (Å²) in [6.07, 6.45) is 2.41. The minimum Gasteiger partial charge on any atom is -0.394 e. The van der Waals surface area contributed by atoms with Gasteiger partial charge in [0.1, 0.15) is 0 Å². The molecule has 1 amide bonds. The summed E-state index contributed by atoms with van der Waals surface area (Å²) in [5.41, 5.74) is 6.87. The average molecular weight is 254 g/mol. The number of aryl methyl sites for hydroxylation is 1. The van der Waals surface area contributed by atoms with E-state index in [1.54, 1.807) is 24.9 Å². The fourth-order valence-electron chi connectivity index (χ4n) is 1.64. The highest BCUT2D eigenvalue weighted by atomic mass is 16.3. The van der Waals surface area contributed by atoms with Crippen molar-refractivity contribution in [3.63, 3.8) is 0 Å². The van der Waals surface area contributed by atoms with Crippen molar-refractivity contribution in [1.82, 2.24) is 14.7 Å². The topological polar surface area (TPSA) is 84.4 Å². The fraction of sp³-hybridized carbons (Fsp3) is 0.667. The summed E-state index contributed by atoms with van der Waals surface area (Å²) in [4.78, 5) is 13.7. The Kier molecular flexibility index (Phi) is 5.30. The number of carbonyl (C=O) groups excluding carboxylic acids is 1. The maximum absolute atomic E-state index is 12.2. The molecule has 0 aromatic carbocycles. The number of amides is 1. The van der Waals surface area contributed by atoms with Crippen molar-refractivity contribution in [2.24, 2.45) is 5.73 Å². The van der Waals surface area contributed by atoms with Crippen LogP contribution in [0.2, 0.25) is 0 Å². The molecule has 1 aromatic rings. The second kappa shape index (κ2) is 6.51. The number of hydrogen-bond acceptors (Lipinski definition) is 4. The lowest BCUT2D eigenvalue weighted by Crippen LogP contribution is -2.37. The molecule has 1 rings (SSSR count). The van der Waals surface area contributed by atoms with Crippen molar-refractivity contribution >= 4 is 5.91 Å². The van der Waals surface area contributed by atoms with Crippen molar-refractivity contribution in [3.05, 3.63) is 17.5 Å². The predicted octanol–water partition coefficient (Wildman–Crippen LogP) is -0.00688. The van der Waals surface area contributed by atoms with E-state index in [1.807, 2.05) is 6.92 Å². The van der Waals surface area contributed by atoms with E-state index in [1.165, 1.54) is 4.90 Å². The Morgan fingerprint density at radius 3 is 2.89 bits per heavy atom. The number of aliphatic hydroxyl groups excluding tert-OH is 1. The number of nitrogens with zero attached hydrogens (tertiary/aromatic N) is 3. The molecule has 6 nitrogen and oxygen atoms in total. The zero-order valence-corrected chi connectivity index (χ0v) is 11.3. The summed E-state index contributed by atoms with van der Waals surface area (Å²) in [5, 5.41) is 13.3. The first-order chi connectivity index (χ1) is 8.52. The number of hydrogen-bond donors (Lipinski definition) is 2. The van der Waals surface area contributed by atoms with Crippen LogP contribution >= 0.6 is 0 Å². The van der Waals surface area contributed by atoms with Crippen LogP contribution in [0.3, 0.4) is 0 Å². The van der Waals surface area contributed by atoms with Gasteiger partial charge in [-0.3, -0.25) is 9.48 Å². The molecule has 0 fully saturated rings. The van der Waals surface area contributed by atoms with E-state index < -0.39 is 0 Å². The van der Waals surface area contributed by atoms with Crippen LogP contribution in [0.25, 0.3) is 0 Å². The van der Waals surface area contributed by atoms with Gasteiger partial charge in [-0.25, -0.2) is 0 Å². The Morgan fingerprint density at radius 2 is 2.33 bits per heavy atom. The fourth-order valence-corrected chi connectivity index (χ4v) is 1.64. The molecule has 1 unspecified atom stereocenters. The molecule has 1 atom stereocenters. The van der Waals surface area contributed by atoms with Crippen molar-refractivity contribution in [3.8, 4) is 0 Å². The van der Waals surface area contributed by atoms with Crippen molar-refractivity contribution < 1.29 is 9.90 Å². The van der Waals surface area contributed by atoms with Crippen molar-refractivity contribution in [1.29, 1.82) is 0 Å². The van der Waals surface area contributed by atoms with E-state index in [2.05, 4.69) is 5.10 Å². The SMILES string of the molecule is Cc1c(C(=O)N(C)C(C)CO)cnn1CCCN. The maximum atomic E-state index is 12.2. The van der Waals surface area contributed by atoms with E-state index in [9.17, 15) is 4.79 Å². The van der Waals surface area contributed by atoms with Gasteiger partial charge in [0, 0.05) is 19.3 Å². The minimum atomic E-state index is -0.204. The summed E-state index contributed by atoms with van der Waals surface area (Å²) in [5.74, 6) is -0.118. The molecule has 0 saturated heterocycles. The molecule has 3 N–H and O–H groups in total. The second-order valence-electron chi connectivity index (χ2n) is 4.46. The number of nitrogens with two attached hydrogens (primary N) is 1. The van der Waals surface area contributed by atoms with Crippen LogP contribution in [0.5, 0.6) is 0 Å². The molecular formula is C12H22N4O2. The molecule has 1 aromatic heterocycles. The Labute approximate surface area is 107 Å². The number of rotatable bonds is 6. The Hall–Kier alpha value is -1.40. The Bertz CT molecular complexity index is 403. The normalized spacial score (nSPS) is 12.5. The van der Waals surface area contributed by atoms with Gasteiger partial charge in [-0.15, -0.1) is 0 Å². The molecule has 18 heavy (non-hydrogen) atoms. The number of likely N-dealkylation sites (N-methyl/N-ethyl adjacent to an activating group) is 1. The average Bonchev–Trinajstić information content (AvgIpc) is 2.75. The highest BCUT2D eigenvalue weighted by Crippen LogP contribution is 2.12. The Morgan fingerprint density at radius 1 is 1.67 bits per heavy atom. The molecule has 0 aliphatic heterocycles. The van der Waals surface area contributed by atoms with E-state index in [0.29, 0.717) is 12.1 Å². The van der Waals surface area contributed by atoms with Crippen LogP contribution in [0.1, 0.15) is 29.4 Å². The van der Waals surface area contributed by atoms with Gasteiger partial charge < -0.3 is 15.7 Å². The van der Waals surface area contributed by atoms with Crippen LogP contribution in [0.4, 0.5) is 0 Å². The summed E-state index contributed by atoms with van der Waals surface area (Å²) < 4.78 is 1.79. The zero-order valence-electron chi connectivity index (χ0n) is 11.3. The standard InChI is InChI=1S/C12H22N4O2/c1-9(8-17)15(3)12(18)11-7-14-16(10(11)2)6-4-5-13/h7,9,17H,4-6,8,13H2,1-3H3. The molecule has 0 aliphatic carbocycles. The van der Waals surface area contributed by atoms with Crippen LogP contribution in [0.15, 0.2) is 6.20 Å². The van der Waals surface area contributed by atoms with Crippen molar-refractivity contribution in [2.75, 3.05) is 20.2 Å². The van der Waals surface area contributed by atoms with Crippen LogP contribution in [0, 0.1) is 6.92 Å². The molecule has 6 heteroatoms. The van der Waals surface area contributed by atoms with Gasteiger partial charge >= 0.3 is 0 Å². The first-order valence-electron chi connectivity index (χ1n) is 6.13. The lowest BCUT2D eigenvalue weighted by molar-refractivity contribution is 0.0681. The van der Waals surface area contributed by atoms with Crippen molar-refractivity contribution in [2.45, 2.75) is 32.9 Å². The quantitative estimate of drug-likeness (QED) is 0.748. The van der Waals surface area contributed by atoms with E-state index in [-0.39, 0.29) is 18.6 Å². The van der Waals surface area contributed by atoms with Gasteiger partial charge in [0.2, 0.25) is 0 Å². The lowest BCUT2D eigenvalue weighted by Gasteiger charge is -2.22. The van der Waals surface area contributed by atoms with Gasteiger partial charge in [-0.2, -0.15) is 5.10 Å². The molecule has 0 aliphatic rings. The highest BCUT2D eigenvalue weighted by Gasteiger charge is 2.21. The third-order valence-electron chi connectivity index (χ3n) is 3.15. The number of aliphatic hydroxyl groups is 1. The Balaban J connectivity index is 2.83. The van der Waals surface area contributed by atoms with E-state index in [0.717, 1.165) is 18.7 Å². The molecule has 1 heterocycles. The number of aromatic nitrogens is 2. The van der Waals surface area contributed by atoms with Gasteiger partial charge in [0.25, 0.3) is 5.91 Å². The first-order valence-corrected chi connectivity index (χ1v) is 6.13. The summed E-state index contributed by atoms with van der Waals surface area (Å²) in [6.45, 7) is 4.93. The van der Waals surface area contributed by atoms with E-state index >= 15 is 0 Å². The van der Waals surface area contributed by atoms with Gasteiger partial charge in [-0.1, -0.05) is 0 Å². The molecule has 102 valence electrons.